The zero-order chi connectivity index (χ0) is 19.9. The van der Waals surface area contributed by atoms with Crippen LogP contribution in [0.15, 0.2) is 36.5 Å². The minimum absolute atomic E-state index is 0.0804. The van der Waals surface area contributed by atoms with Crippen LogP contribution in [-0.4, -0.2) is 44.8 Å². The van der Waals surface area contributed by atoms with E-state index in [-0.39, 0.29) is 17.8 Å². The molecule has 1 heterocycles. The van der Waals surface area contributed by atoms with Gasteiger partial charge in [-0.25, -0.2) is 4.68 Å². The number of nitrogens with one attached hydrogen (secondary N) is 1. The van der Waals surface area contributed by atoms with Gasteiger partial charge >= 0.3 is 12.1 Å². The van der Waals surface area contributed by atoms with Gasteiger partial charge in [0.2, 0.25) is 0 Å². The highest BCUT2D eigenvalue weighted by Gasteiger charge is 2.30. The molecule has 1 amide bonds. The first-order chi connectivity index (χ1) is 12.8. The van der Waals surface area contributed by atoms with E-state index in [0.29, 0.717) is 18.1 Å². The predicted octanol–water partition coefficient (Wildman–Crippen LogP) is 3.48. The smallest absolute Gasteiger partial charge is 0.416 e. The molecule has 0 aliphatic heterocycles. The molecule has 11 heteroatoms. The molecule has 0 radical (unpaired) electrons. The number of aromatic nitrogens is 2. The number of carboxylic acid groups (broad SMARTS) is 1. The maximum atomic E-state index is 12.8. The summed E-state index contributed by atoms with van der Waals surface area (Å²) in [6.45, 7) is 0.361. The Morgan fingerprint density at radius 3 is 2.63 bits per heavy atom. The van der Waals surface area contributed by atoms with E-state index in [2.05, 4.69) is 10.4 Å². The quantitative estimate of drug-likeness (QED) is 0.478. The van der Waals surface area contributed by atoms with Crippen LogP contribution in [0.5, 0.6) is 0 Å². The molecule has 146 valence electrons. The maximum absolute atomic E-state index is 12.8. The van der Waals surface area contributed by atoms with Gasteiger partial charge in [0.05, 0.1) is 17.7 Å². The second-order valence-electron chi connectivity index (χ2n) is 5.24. The van der Waals surface area contributed by atoms with Crippen molar-refractivity contribution in [1.82, 2.24) is 15.1 Å². The van der Waals surface area contributed by atoms with E-state index in [4.69, 9.17) is 5.11 Å². The van der Waals surface area contributed by atoms with Crippen molar-refractivity contribution < 1.29 is 27.9 Å². The summed E-state index contributed by atoms with van der Waals surface area (Å²) >= 11 is 0. The molecule has 0 unspecified atom stereocenters. The van der Waals surface area contributed by atoms with Crippen LogP contribution in [0.2, 0.25) is 0 Å². The van der Waals surface area contributed by atoms with Crippen molar-refractivity contribution in [2.75, 3.05) is 18.1 Å². The van der Waals surface area contributed by atoms with Gasteiger partial charge in [-0.2, -0.15) is 18.3 Å². The Kier molecular flexibility index (Phi) is 7.60. The molecule has 2 N–H and O–H groups in total. The maximum Gasteiger partial charge on any atom is 0.416 e. The number of aliphatic carboxylic acids is 1. The highest BCUT2D eigenvalue weighted by molar-refractivity contribution is 8.76. The fourth-order valence-electron chi connectivity index (χ4n) is 1.96. The van der Waals surface area contributed by atoms with E-state index >= 15 is 0 Å². The van der Waals surface area contributed by atoms with E-state index in [1.54, 1.807) is 0 Å². The Bertz CT molecular complexity index is 796. The fourth-order valence-corrected chi connectivity index (χ4v) is 3.84. The van der Waals surface area contributed by atoms with Crippen LogP contribution in [0.4, 0.5) is 13.2 Å². The van der Waals surface area contributed by atoms with Gasteiger partial charge in [0.25, 0.3) is 5.91 Å². The molecular weight excluding hydrogens is 403 g/mol. The Morgan fingerprint density at radius 1 is 1.19 bits per heavy atom. The molecule has 0 aliphatic carbocycles. The lowest BCUT2D eigenvalue weighted by atomic mass is 10.2. The van der Waals surface area contributed by atoms with Gasteiger partial charge in [-0.05, 0) is 24.3 Å². The summed E-state index contributed by atoms with van der Waals surface area (Å²) in [6.07, 6.45) is -2.96. The van der Waals surface area contributed by atoms with Gasteiger partial charge in [0.1, 0.15) is 0 Å². The Labute approximate surface area is 160 Å². The van der Waals surface area contributed by atoms with Crippen molar-refractivity contribution >= 4 is 33.5 Å². The van der Waals surface area contributed by atoms with Crippen LogP contribution in [0, 0.1) is 0 Å². The van der Waals surface area contributed by atoms with Gasteiger partial charge in [-0.15, -0.1) is 0 Å². The topological polar surface area (TPSA) is 84.2 Å². The predicted molar refractivity (Wildman–Crippen MR) is 98.1 cm³/mol. The number of rotatable bonds is 9. The first-order valence-electron chi connectivity index (χ1n) is 7.75. The monoisotopic (exact) mass is 419 g/mol. The van der Waals surface area contributed by atoms with Gasteiger partial charge < -0.3 is 10.4 Å². The normalized spacial score (nSPS) is 11.4. The lowest BCUT2D eigenvalue weighted by molar-refractivity contribution is -0.138. The Morgan fingerprint density at radius 2 is 1.93 bits per heavy atom. The van der Waals surface area contributed by atoms with Crippen LogP contribution in [0.1, 0.15) is 22.5 Å². The molecule has 0 fully saturated rings. The number of hydrogen-bond donors (Lipinski definition) is 2. The van der Waals surface area contributed by atoms with Crippen LogP contribution in [0.3, 0.4) is 0 Å². The Balaban J connectivity index is 1.85. The van der Waals surface area contributed by atoms with Crippen molar-refractivity contribution in [2.24, 2.45) is 0 Å². The average molecular weight is 419 g/mol. The van der Waals surface area contributed by atoms with Crippen molar-refractivity contribution in [3.05, 3.63) is 47.8 Å². The zero-order valence-corrected chi connectivity index (χ0v) is 15.5. The minimum atomic E-state index is -4.45. The highest BCUT2D eigenvalue weighted by atomic mass is 33.1. The molecule has 0 spiro atoms. The second-order valence-corrected chi connectivity index (χ2v) is 7.94. The number of hydrogen-bond acceptors (Lipinski definition) is 5. The molecule has 27 heavy (non-hydrogen) atoms. The van der Waals surface area contributed by atoms with Crippen molar-refractivity contribution in [3.63, 3.8) is 0 Å². The number of carbonyl (C=O) groups is 2. The second kappa shape index (κ2) is 9.70. The summed E-state index contributed by atoms with van der Waals surface area (Å²) in [5.74, 6) is -0.218. The SMILES string of the molecule is O=C(O)CCSSCCNC(=O)c1ccn(-c2cccc(C(F)(F)F)c2)n1. The van der Waals surface area contributed by atoms with E-state index in [1.165, 1.54) is 50.7 Å². The summed E-state index contributed by atoms with van der Waals surface area (Å²) in [5.41, 5.74) is -0.496. The standard InChI is InChI=1S/C16H16F3N3O3S2/c17-16(18,19)11-2-1-3-12(10-11)22-7-4-13(21-22)15(25)20-6-9-27-26-8-5-14(23)24/h1-4,7,10H,5-6,8-9H2,(H,20,25)(H,23,24). The lowest BCUT2D eigenvalue weighted by Crippen LogP contribution is -2.26. The molecule has 0 saturated heterocycles. The number of alkyl halides is 3. The van der Waals surface area contributed by atoms with E-state index < -0.39 is 23.6 Å². The lowest BCUT2D eigenvalue weighted by Gasteiger charge is -2.08. The molecule has 1 aromatic carbocycles. The van der Waals surface area contributed by atoms with Gasteiger partial charge in [0, 0.05) is 24.2 Å². The van der Waals surface area contributed by atoms with Crippen LogP contribution in [-0.2, 0) is 11.0 Å². The molecule has 2 rings (SSSR count). The summed E-state index contributed by atoms with van der Waals surface area (Å²) < 4.78 is 39.6. The minimum Gasteiger partial charge on any atom is -0.481 e. The summed E-state index contributed by atoms with van der Waals surface area (Å²) in [5, 5.41) is 15.2. The highest BCUT2D eigenvalue weighted by Crippen LogP contribution is 2.30. The average Bonchev–Trinajstić information content (AvgIpc) is 3.10. The molecule has 0 bridgehead atoms. The summed E-state index contributed by atoms with van der Waals surface area (Å²) in [7, 11) is 2.85. The number of benzene rings is 1. The zero-order valence-electron chi connectivity index (χ0n) is 13.9. The van der Waals surface area contributed by atoms with Gasteiger partial charge in [0.15, 0.2) is 5.69 Å². The van der Waals surface area contributed by atoms with E-state index in [0.717, 1.165) is 12.1 Å². The number of carbonyl (C=O) groups excluding carboxylic acids is 1. The van der Waals surface area contributed by atoms with Gasteiger partial charge in [-0.1, -0.05) is 27.7 Å². The third kappa shape index (κ3) is 6.83. The summed E-state index contributed by atoms with van der Waals surface area (Å²) in [6, 6.07) is 6.09. The third-order valence-corrected chi connectivity index (χ3v) is 5.62. The van der Waals surface area contributed by atoms with Crippen LogP contribution < -0.4 is 5.32 Å². The third-order valence-electron chi connectivity index (χ3n) is 3.21. The molecule has 0 aliphatic rings. The van der Waals surface area contributed by atoms with Crippen molar-refractivity contribution in [2.45, 2.75) is 12.6 Å². The van der Waals surface area contributed by atoms with E-state index in [1.807, 2.05) is 0 Å². The molecule has 2 aromatic rings. The number of halogens is 3. The molecular formula is C16H16F3N3O3S2. The molecule has 0 saturated carbocycles. The van der Waals surface area contributed by atoms with Gasteiger partial charge in [-0.3, -0.25) is 9.59 Å². The largest absolute Gasteiger partial charge is 0.481 e. The van der Waals surface area contributed by atoms with Crippen molar-refractivity contribution in [1.29, 1.82) is 0 Å². The Hall–Kier alpha value is -2.14. The first-order valence-corrected chi connectivity index (χ1v) is 10.2. The number of amides is 1. The molecule has 6 nitrogen and oxygen atoms in total. The van der Waals surface area contributed by atoms with Crippen LogP contribution >= 0.6 is 21.6 Å². The summed E-state index contributed by atoms with van der Waals surface area (Å²) in [4.78, 5) is 22.4. The van der Waals surface area contributed by atoms with Crippen molar-refractivity contribution in [3.8, 4) is 5.69 Å². The fraction of sp³-hybridized carbons (Fsp3) is 0.312. The molecule has 1 aromatic heterocycles. The van der Waals surface area contributed by atoms with E-state index in [9.17, 15) is 22.8 Å². The molecule has 0 atom stereocenters. The van der Waals surface area contributed by atoms with Crippen LogP contribution in [0.25, 0.3) is 5.69 Å². The first kappa shape index (κ1) is 21.2. The number of carboxylic acids is 1. The number of nitrogens with zero attached hydrogens (tertiary/aromatic N) is 2.